The number of aromatic nitrogens is 1. The minimum Gasteiger partial charge on any atom is -0.378 e. The molecular weight excluding hydrogens is 438 g/mol. The molecule has 1 fully saturated rings. The molecule has 10 heteroatoms. The van der Waals surface area contributed by atoms with Crippen LogP contribution in [0.2, 0.25) is 0 Å². The zero-order valence-corrected chi connectivity index (χ0v) is 20.9. The Morgan fingerprint density at radius 2 is 1.68 bits per heavy atom. The van der Waals surface area contributed by atoms with E-state index >= 15 is 0 Å². The third kappa shape index (κ3) is 7.51. The van der Waals surface area contributed by atoms with E-state index < -0.39 is 41.3 Å². The summed E-state index contributed by atoms with van der Waals surface area (Å²) < 4.78 is 5.35. The zero-order valence-electron chi connectivity index (χ0n) is 20.9. The first-order valence-electron chi connectivity index (χ1n) is 11.6. The smallest absolute Gasteiger partial charge is 0.253 e. The number of nitrogens with one attached hydrogen (secondary N) is 3. The van der Waals surface area contributed by atoms with Gasteiger partial charge in [-0.2, -0.15) is 0 Å². The number of hydrogen-bond donors (Lipinski definition) is 3. The van der Waals surface area contributed by atoms with E-state index in [1.807, 2.05) is 34.6 Å². The molecule has 3 N–H and O–H groups in total. The van der Waals surface area contributed by atoms with Crippen molar-refractivity contribution < 1.29 is 23.9 Å². The van der Waals surface area contributed by atoms with Crippen LogP contribution >= 0.6 is 0 Å². The summed E-state index contributed by atoms with van der Waals surface area (Å²) in [5.41, 5.74) is -0.295. The quantitative estimate of drug-likeness (QED) is 0.453. The second-order valence-electron chi connectivity index (χ2n) is 9.92. The van der Waals surface area contributed by atoms with Crippen molar-refractivity contribution >= 4 is 29.8 Å². The van der Waals surface area contributed by atoms with Crippen LogP contribution < -0.4 is 20.9 Å². The molecule has 0 radical (unpaired) electrons. The molecule has 0 saturated carbocycles. The molecular formula is C24H37N5O5. The summed E-state index contributed by atoms with van der Waals surface area (Å²) in [7, 11) is 0. The van der Waals surface area contributed by atoms with Crippen LogP contribution in [0.5, 0.6) is 0 Å². The summed E-state index contributed by atoms with van der Waals surface area (Å²) >= 11 is 0. The van der Waals surface area contributed by atoms with Gasteiger partial charge in [0.2, 0.25) is 11.8 Å². The highest BCUT2D eigenvalue weighted by Crippen LogP contribution is 2.21. The average Bonchev–Trinajstić information content (AvgIpc) is 2.80. The summed E-state index contributed by atoms with van der Waals surface area (Å²) in [4.78, 5) is 56.0. The van der Waals surface area contributed by atoms with Gasteiger partial charge < -0.3 is 30.4 Å². The summed E-state index contributed by atoms with van der Waals surface area (Å²) in [6.07, 6.45) is 2.16. The highest BCUT2D eigenvalue weighted by Gasteiger charge is 2.34. The van der Waals surface area contributed by atoms with Gasteiger partial charge in [-0.1, -0.05) is 34.6 Å². The van der Waals surface area contributed by atoms with E-state index in [0.717, 1.165) is 18.9 Å². The summed E-state index contributed by atoms with van der Waals surface area (Å²) in [5.74, 6) is -0.710. The SMILES string of the molecule is CC(NC(=O)C(NC(=O)c1ccc(N2CCOCC2)nc1)C(C)(C)C)C(=O)NC(C=O)C(C)C. The molecule has 188 valence electrons. The Morgan fingerprint density at radius 1 is 1.03 bits per heavy atom. The maximum absolute atomic E-state index is 13.0. The number of amides is 3. The number of morpholine rings is 1. The molecule has 10 nitrogen and oxygen atoms in total. The van der Waals surface area contributed by atoms with Crippen molar-refractivity contribution in [3.05, 3.63) is 23.9 Å². The number of hydrogen-bond acceptors (Lipinski definition) is 7. The van der Waals surface area contributed by atoms with Gasteiger partial charge in [-0.05, 0) is 30.4 Å². The van der Waals surface area contributed by atoms with Gasteiger partial charge in [-0.25, -0.2) is 4.98 Å². The molecule has 0 aromatic carbocycles. The fourth-order valence-corrected chi connectivity index (χ4v) is 3.40. The second-order valence-corrected chi connectivity index (χ2v) is 9.92. The molecule has 1 aliphatic rings. The van der Waals surface area contributed by atoms with Crippen molar-refractivity contribution in [1.29, 1.82) is 0 Å². The van der Waals surface area contributed by atoms with Gasteiger partial charge in [-0.15, -0.1) is 0 Å². The number of aldehydes is 1. The van der Waals surface area contributed by atoms with Crippen molar-refractivity contribution in [1.82, 2.24) is 20.9 Å². The van der Waals surface area contributed by atoms with Gasteiger partial charge in [0.15, 0.2) is 0 Å². The Bertz CT molecular complexity index is 859. The van der Waals surface area contributed by atoms with Crippen molar-refractivity contribution in [2.75, 3.05) is 31.2 Å². The van der Waals surface area contributed by atoms with E-state index in [2.05, 4.69) is 25.8 Å². The average molecular weight is 476 g/mol. The van der Waals surface area contributed by atoms with Crippen LogP contribution in [0.3, 0.4) is 0 Å². The molecule has 3 atom stereocenters. The molecule has 3 amide bonds. The fraction of sp³-hybridized carbons (Fsp3) is 0.625. The van der Waals surface area contributed by atoms with Gasteiger partial charge in [-0.3, -0.25) is 14.4 Å². The number of ether oxygens (including phenoxy) is 1. The van der Waals surface area contributed by atoms with Gasteiger partial charge in [0, 0.05) is 19.3 Å². The van der Waals surface area contributed by atoms with Crippen molar-refractivity contribution in [2.24, 2.45) is 11.3 Å². The standard InChI is InChI=1S/C24H37N5O5/c1-15(2)18(14-30)27-21(31)16(3)26-23(33)20(24(4,5)6)28-22(32)17-7-8-19(25-13-17)29-9-11-34-12-10-29/h7-8,13-16,18,20H,9-12H2,1-6H3,(H,26,33)(H,27,31)(H,28,32). The fourth-order valence-electron chi connectivity index (χ4n) is 3.40. The Balaban J connectivity index is 2.04. The highest BCUT2D eigenvalue weighted by atomic mass is 16.5. The van der Waals surface area contributed by atoms with E-state index in [1.165, 1.54) is 13.1 Å². The lowest BCUT2D eigenvalue weighted by Crippen LogP contribution is -2.58. The van der Waals surface area contributed by atoms with Gasteiger partial charge >= 0.3 is 0 Å². The lowest BCUT2D eigenvalue weighted by Gasteiger charge is -2.31. The minimum absolute atomic E-state index is 0.0748. The molecule has 1 saturated heterocycles. The molecule has 2 heterocycles. The van der Waals surface area contributed by atoms with E-state index in [-0.39, 0.29) is 5.92 Å². The lowest BCUT2D eigenvalue weighted by atomic mass is 9.85. The first kappa shape index (κ1) is 27.2. The molecule has 2 rings (SSSR count). The maximum atomic E-state index is 13.0. The van der Waals surface area contributed by atoms with E-state index in [1.54, 1.807) is 12.1 Å². The first-order chi connectivity index (χ1) is 15.9. The molecule has 3 unspecified atom stereocenters. The van der Waals surface area contributed by atoms with Crippen molar-refractivity contribution in [3.63, 3.8) is 0 Å². The van der Waals surface area contributed by atoms with Gasteiger partial charge in [0.05, 0.1) is 24.8 Å². The predicted molar refractivity (Wildman–Crippen MR) is 128 cm³/mol. The Hall–Kier alpha value is -3.01. The number of carbonyl (C=O) groups is 4. The summed E-state index contributed by atoms with van der Waals surface area (Å²) in [6, 6.07) is 1.02. The van der Waals surface area contributed by atoms with Gasteiger partial charge in [0.1, 0.15) is 24.2 Å². The molecule has 0 bridgehead atoms. The van der Waals surface area contributed by atoms with E-state index in [4.69, 9.17) is 4.74 Å². The molecule has 0 spiro atoms. The van der Waals surface area contributed by atoms with Crippen LogP contribution in [-0.4, -0.2) is 73.4 Å². The maximum Gasteiger partial charge on any atom is 0.253 e. The molecule has 34 heavy (non-hydrogen) atoms. The number of carbonyl (C=O) groups excluding carboxylic acids is 4. The number of pyridine rings is 1. The monoisotopic (exact) mass is 475 g/mol. The normalized spacial score (nSPS) is 16.9. The molecule has 1 aromatic heterocycles. The van der Waals surface area contributed by atoms with Crippen molar-refractivity contribution in [2.45, 2.75) is 59.7 Å². The highest BCUT2D eigenvalue weighted by molar-refractivity contribution is 5.98. The Morgan fingerprint density at radius 3 is 2.18 bits per heavy atom. The summed E-state index contributed by atoms with van der Waals surface area (Å²) in [5, 5.41) is 8.04. The zero-order chi connectivity index (χ0) is 25.5. The molecule has 1 aromatic rings. The molecule has 0 aliphatic carbocycles. The minimum atomic E-state index is -0.902. The number of rotatable bonds is 9. The predicted octanol–water partition coefficient (Wildman–Crippen LogP) is 0.907. The van der Waals surface area contributed by atoms with Crippen LogP contribution in [0.25, 0.3) is 0 Å². The Kier molecular flexibility index (Phi) is 9.55. The van der Waals surface area contributed by atoms with E-state index in [0.29, 0.717) is 25.1 Å². The van der Waals surface area contributed by atoms with Crippen LogP contribution in [-0.2, 0) is 19.1 Å². The van der Waals surface area contributed by atoms with Gasteiger partial charge in [0.25, 0.3) is 5.91 Å². The first-order valence-corrected chi connectivity index (χ1v) is 11.6. The number of anilines is 1. The van der Waals surface area contributed by atoms with Crippen LogP contribution in [0.1, 0.15) is 51.9 Å². The van der Waals surface area contributed by atoms with E-state index in [9.17, 15) is 19.2 Å². The molecule has 1 aliphatic heterocycles. The second kappa shape index (κ2) is 11.9. The lowest BCUT2D eigenvalue weighted by molar-refractivity contribution is -0.131. The topological polar surface area (TPSA) is 130 Å². The number of nitrogens with zero attached hydrogens (tertiary/aromatic N) is 2. The van der Waals surface area contributed by atoms with Crippen molar-refractivity contribution in [3.8, 4) is 0 Å². The Labute approximate surface area is 201 Å². The van der Waals surface area contributed by atoms with Crippen LogP contribution in [0.4, 0.5) is 5.82 Å². The summed E-state index contributed by atoms with van der Waals surface area (Å²) in [6.45, 7) is 13.4. The third-order valence-corrected chi connectivity index (χ3v) is 5.67. The van der Waals surface area contributed by atoms with Crippen LogP contribution in [0.15, 0.2) is 18.3 Å². The third-order valence-electron chi connectivity index (χ3n) is 5.67. The largest absolute Gasteiger partial charge is 0.378 e. The van der Waals surface area contributed by atoms with Crippen LogP contribution in [0, 0.1) is 11.3 Å².